The highest BCUT2D eigenvalue weighted by molar-refractivity contribution is 6.30. The molecule has 2 fully saturated rings. The number of likely N-dealkylation sites (tertiary alicyclic amines) is 1. The van der Waals surface area contributed by atoms with Crippen molar-refractivity contribution in [1.82, 2.24) is 10.2 Å². The number of hydrogen-bond donors (Lipinski definition) is 1. The average Bonchev–Trinajstić information content (AvgIpc) is 2.96. The summed E-state index contributed by atoms with van der Waals surface area (Å²) in [6, 6.07) is 6.67. The highest BCUT2D eigenvalue weighted by Gasteiger charge is 2.37. The van der Waals surface area contributed by atoms with Crippen LogP contribution in [0.1, 0.15) is 25.7 Å². The number of anilines is 1. The molecule has 130 valence electrons. The molecule has 0 aromatic heterocycles. The van der Waals surface area contributed by atoms with Gasteiger partial charge in [0.1, 0.15) is 6.04 Å². The van der Waals surface area contributed by atoms with Gasteiger partial charge in [-0.25, -0.2) is 0 Å². The fourth-order valence-corrected chi connectivity index (χ4v) is 3.61. The summed E-state index contributed by atoms with van der Waals surface area (Å²) in [7, 11) is 2.13. The highest BCUT2D eigenvalue weighted by atomic mass is 35.5. The molecule has 0 radical (unpaired) electrons. The van der Waals surface area contributed by atoms with E-state index in [2.05, 4.69) is 17.3 Å². The number of piperidine rings is 1. The molecule has 0 spiro atoms. The smallest absolute Gasteiger partial charge is 0.243 e. The lowest BCUT2D eigenvalue weighted by Crippen LogP contribution is -2.46. The van der Waals surface area contributed by atoms with Gasteiger partial charge in [0.2, 0.25) is 11.8 Å². The van der Waals surface area contributed by atoms with E-state index < -0.39 is 6.04 Å². The zero-order valence-corrected chi connectivity index (χ0v) is 14.8. The lowest BCUT2D eigenvalue weighted by atomic mass is 9.97. The predicted octanol–water partition coefficient (Wildman–Crippen LogP) is 2.29. The van der Waals surface area contributed by atoms with Crippen molar-refractivity contribution in [2.24, 2.45) is 5.92 Å². The molecule has 1 aromatic carbocycles. The van der Waals surface area contributed by atoms with Crippen molar-refractivity contribution in [3.8, 4) is 0 Å². The Bertz CT molecular complexity index is 597. The normalized spacial score (nSPS) is 22.8. The Labute approximate surface area is 147 Å². The van der Waals surface area contributed by atoms with E-state index in [1.165, 1.54) is 0 Å². The van der Waals surface area contributed by atoms with E-state index in [4.69, 9.17) is 11.6 Å². The highest BCUT2D eigenvalue weighted by Crippen LogP contribution is 2.28. The van der Waals surface area contributed by atoms with Gasteiger partial charge in [0.15, 0.2) is 0 Å². The summed E-state index contributed by atoms with van der Waals surface area (Å²) in [5.41, 5.74) is 0.737. The maximum absolute atomic E-state index is 12.6. The van der Waals surface area contributed by atoms with Crippen LogP contribution in [-0.4, -0.2) is 49.4 Å². The molecule has 1 atom stereocenters. The van der Waals surface area contributed by atoms with Crippen LogP contribution in [0.4, 0.5) is 5.69 Å². The summed E-state index contributed by atoms with van der Waals surface area (Å²) >= 11 is 5.91. The Kier molecular flexibility index (Phi) is 5.41. The van der Waals surface area contributed by atoms with Crippen LogP contribution in [0, 0.1) is 5.92 Å². The third kappa shape index (κ3) is 3.90. The molecule has 2 aliphatic heterocycles. The molecule has 3 rings (SSSR count). The average molecular weight is 350 g/mol. The molecule has 2 saturated heterocycles. The van der Waals surface area contributed by atoms with Gasteiger partial charge in [0, 0.05) is 23.7 Å². The van der Waals surface area contributed by atoms with Crippen molar-refractivity contribution in [2.75, 3.05) is 31.6 Å². The number of amides is 2. The van der Waals surface area contributed by atoms with Crippen LogP contribution in [0.3, 0.4) is 0 Å². The summed E-state index contributed by atoms with van der Waals surface area (Å²) < 4.78 is 0. The van der Waals surface area contributed by atoms with E-state index in [1.807, 2.05) is 0 Å². The van der Waals surface area contributed by atoms with Crippen LogP contribution in [-0.2, 0) is 9.59 Å². The quantitative estimate of drug-likeness (QED) is 0.907. The van der Waals surface area contributed by atoms with E-state index in [1.54, 1.807) is 29.2 Å². The first-order valence-electron chi connectivity index (χ1n) is 8.58. The monoisotopic (exact) mass is 349 g/mol. The van der Waals surface area contributed by atoms with Gasteiger partial charge in [0.05, 0.1) is 0 Å². The summed E-state index contributed by atoms with van der Waals surface area (Å²) in [6.07, 6.45) is 3.21. The second-order valence-corrected chi connectivity index (χ2v) is 7.22. The van der Waals surface area contributed by atoms with Crippen LogP contribution in [0.25, 0.3) is 0 Å². The summed E-state index contributed by atoms with van der Waals surface area (Å²) in [5.74, 6) is 0.484. The van der Waals surface area contributed by atoms with Gasteiger partial charge in [0.25, 0.3) is 0 Å². The second-order valence-electron chi connectivity index (χ2n) is 6.79. The fourth-order valence-electron chi connectivity index (χ4n) is 3.49. The minimum atomic E-state index is -0.412. The Morgan fingerprint density at radius 1 is 1.21 bits per heavy atom. The van der Waals surface area contributed by atoms with E-state index in [0.717, 1.165) is 31.6 Å². The van der Waals surface area contributed by atoms with Gasteiger partial charge in [-0.15, -0.1) is 0 Å². The topological polar surface area (TPSA) is 52.7 Å². The van der Waals surface area contributed by atoms with Crippen LogP contribution in [0.5, 0.6) is 0 Å². The number of nitrogens with zero attached hydrogens (tertiary/aromatic N) is 2. The number of benzene rings is 1. The van der Waals surface area contributed by atoms with Crippen molar-refractivity contribution < 1.29 is 9.59 Å². The molecule has 0 bridgehead atoms. The van der Waals surface area contributed by atoms with E-state index in [0.29, 0.717) is 30.3 Å². The maximum Gasteiger partial charge on any atom is 0.243 e. The fraction of sp³-hybridized carbons (Fsp3) is 0.556. The first-order valence-corrected chi connectivity index (χ1v) is 8.96. The molecule has 1 unspecified atom stereocenters. The molecule has 2 aliphatic rings. The Morgan fingerprint density at radius 3 is 2.54 bits per heavy atom. The van der Waals surface area contributed by atoms with Crippen molar-refractivity contribution in [1.29, 1.82) is 0 Å². The van der Waals surface area contributed by atoms with Gasteiger partial charge >= 0.3 is 0 Å². The third-order valence-corrected chi connectivity index (χ3v) is 5.27. The molecule has 1 aromatic rings. The Morgan fingerprint density at radius 2 is 1.88 bits per heavy atom. The van der Waals surface area contributed by atoms with E-state index in [-0.39, 0.29) is 11.8 Å². The lowest BCUT2D eigenvalue weighted by molar-refractivity contribution is -0.124. The molecule has 2 heterocycles. The molecule has 2 amide bonds. The first kappa shape index (κ1) is 17.2. The second kappa shape index (κ2) is 7.53. The lowest BCUT2D eigenvalue weighted by Gasteiger charge is -2.30. The van der Waals surface area contributed by atoms with Gasteiger partial charge in [-0.05, 0) is 69.6 Å². The number of hydrogen-bond acceptors (Lipinski definition) is 3. The zero-order chi connectivity index (χ0) is 17.1. The van der Waals surface area contributed by atoms with Crippen molar-refractivity contribution in [3.63, 3.8) is 0 Å². The largest absolute Gasteiger partial charge is 0.354 e. The van der Waals surface area contributed by atoms with E-state index in [9.17, 15) is 9.59 Å². The third-order valence-electron chi connectivity index (χ3n) is 5.02. The Balaban J connectivity index is 1.60. The molecule has 0 saturated carbocycles. The number of carbonyl (C=O) groups is 2. The zero-order valence-electron chi connectivity index (χ0n) is 14.0. The first-order chi connectivity index (χ1) is 11.5. The summed E-state index contributed by atoms with van der Waals surface area (Å²) in [6.45, 7) is 2.87. The van der Waals surface area contributed by atoms with Crippen LogP contribution < -0.4 is 10.2 Å². The summed E-state index contributed by atoms with van der Waals surface area (Å²) in [5, 5.41) is 3.68. The standard InChI is InChI=1S/C18H24ClN3O2/c1-21-10-8-13(9-11-21)12-20-18(24)16-6-7-17(23)22(16)15-4-2-14(19)3-5-15/h2-5,13,16H,6-12H2,1H3,(H,20,24). The van der Waals surface area contributed by atoms with Gasteiger partial charge in [-0.1, -0.05) is 11.6 Å². The number of halogens is 1. The van der Waals surface area contributed by atoms with Gasteiger partial charge in [-0.3, -0.25) is 14.5 Å². The van der Waals surface area contributed by atoms with Crippen LogP contribution in [0.2, 0.25) is 5.02 Å². The molecule has 5 nitrogen and oxygen atoms in total. The van der Waals surface area contributed by atoms with Gasteiger partial charge < -0.3 is 10.2 Å². The molecule has 6 heteroatoms. The number of nitrogens with one attached hydrogen (secondary N) is 1. The minimum Gasteiger partial charge on any atom is -0.354 e. The maximum atomic E-state index is 12.6. The predicted molar refractivity (Wildman–Crippen MR) is 95.2 cm³/mol. The molecular weight excluding hydrogens is 326 g/mol. The SMILES string of the molecule is CN1CCC(CNC(=O)C2CCC(=O)N2c2ccc(Cl)cc2)CC1. The Hall–Kier alpha value is -1.59. The van der Waals surface area contributed by atoms with Crippen molar-refractivity contribution in [2.45, 2.75) is 31.7 Å². The van der Waals surface area contributed by atoms with Crippen molar-refractivity contribution >= 4 is 29.1 Å². The minimum absolute atomic E-state index is 0.00300. The molecule has 1 N–H and O–H groups in total. The summed E-state index contributed by atoms with van der Waals surface area (Å²) in [4.78, 5) is 28.8. The van der Waals surface area contributed by atoms with Gasteiger partial charge in [-0.2, -0.15) is 0 Å². The number of carbonyl (C=O) groups excluding carboxylic acids is 2. The van der Waals surface area contributed by atoms with Crippen molar-refractivity contribution in [3.05, 3.63) is 29.3 Å². The van der Waals surface area contributed by atoms with E-state index >= 15 is 0 Å². The number of rotatable bonds is 4. The van der Waals surface area contributed by atoms with Crippen LogP contribution >= 0.6 is 11.6 Å². The molecule has 24 heavy (non-hydrogen) atoms. The molecular formula is C18H24ClN3O2. The van der Waals surface area contributed by atoms with Crippen LogP contribution in [0.15, 0.2) is 24.3 Å². The molecule has 0 aliphatic carbocycles.